The number of carbonyl (C=O) groups is 2. The lowest BCUT2D eigenvalue weighted by Crippen LogP contribution is -2.60. The lowest BCUT2D eigenvalue weighted by Gasteiger charge is -2.43. The van der Waals surface area contributed by atoms with Crippen LogP contribution in [0.3, 0.4) is 0 Å². The van der Waals surface area contributed by atoms with Gasteiger partial charge in [0.15, 0.2) is 0 Å². The Kier molecular flexibility index (Phi) is 4.10. The number of nitrogens with two attached hydrogens (primary N) is 1. The van der Waals surface area contributed by atoms with Gasteiger partial charge in [-0.1, -0.05) is 0 Å². The maximum atomic E-state index is 11.8. The molecular weight excluding hydrogens is 246 g/mol. The van der Waals surface area contributed by atoms with Gasteiger partial charge in [-0.05, 0) is 32.1 Å². The highest BCUT2D eigenvalue weighted by Gasteiger charge is 2.52. The zero-order valence-electron chi connectivity index (χ0n) is 11.3. The SMILES string of the molecule is CN(C=O)C[C@H](O)CN1[C@H]2C[CH]C[C@]1(C(N)=O)CC2. The normalized spacial score (nSPS) is 32.0. The van der Waals surface area contributed by atoms with Gasteiger partial charge in [0.25, 0.3) is 0 Å². The molecule has 3 atom stereocenters. The van der Waals surface area contributed by atoms with Crippen LogP contribution < -0.4 is 5.73 Å². The van der Waals surface area contributed by atoms with Gasteiger partial charge in [0.05, 0.1) is 6.10 Å². The summed E-state index contributed by atoms with van der Waals surface area (Å²) in [4.78, 5) is 25.8. The van der Waals surface area contributed by atoms with Crippen molar-refractivity contribution < 1.29 is 14.7 Å². The highest BCUT2D eigenvalue weighted by atomic mass is 16.3. The Morgan fingerprint density at radius 3 is 3.11 bits per heavy atom. The maximum Gasteiger partial charge on any atom is 0.237 e. The number of rotatable bonds is 6. The van der Waals surface area contributed by atoms with E-state index in [1.807, 2.05) is 0 Å². The molecule has 3 N–H and O–H groups in total. The van der Waals surface area contributed by atoms with E-state index in [1.54, 1.807) is 7.05 Å². The van der Waals surface area contributed by atoms with Crippen LogP contribution in [0, 0.1) is 6.42 Å². The van der Waals surface area contributed by atoms with Crippen LogP contribution in [-0.4, -0.2) is 65.0 Å². The number of β-amino-alcohol motifs (C(OH)–C–C–N with tert-alkyl or cyclic N) is 1. The molecule has 6 nitrogen and oxygen atoms in total. The van der Waals surface area contributed by atoms with Gasteiger partial charge in [-0.2, -0.15) is 0 Å². The Bertz CT molecular complexity index is 359. The first-order chi connectivity index (χ1) is 8.99. The van der Waals surface area contributed by atoms with E-state index in [4.69, 9.17) is 5.73 Å². The third-order valence-electron chi connectivity index (χ3n) is 4.35. The first-order valence-electron chi connectivity index (χ1n) is 6.71. The van der Waals surface area contributed by atoms with Gasteiger partial charge in [-0.25, -0.2) is 0 Å². The number of amides is 2. The highest BCUT2D eigenvalue weighted by molar-refractivity contribution is 5.85. The van der Waals surface area contributed by atoms with Gasteiger partial charge in [0, 0.05) is 26.2 Å². The van der Waals surface area contributed by atoms with E-state index < -0.39 is 11.6 Å². The number of likely N-dealkylation sites (N-methyl/N-ethyl adjacent to an activating group) is 1. The number of aliphatic hydroxyl groups excluding tert-OH is 1. The smallest absolute Gasteiger partial charge is 0.237 e. The summed E-state index contributed by atoms with van der Waals surface area (Å²) >= 11 is 0. The first kappa shape index (κ1) is 14.3. The Balaban J connectivity index is 2.05. The molecule has 0 aromatic rings. The number of carbonyl (C=O) groups excluding carboxylic acids is 2. The molecule has 2 saturated heterocycles. The Morgan fingerprint density at radius 1 is 1.74 bits per heavy atom. The van der Waals surface area contributed by atoms with E-state index in [1.165, 1.54) is 4.90 Å². The molecule has 0 aliphatic carbocycles. The molecule has 0 saturated carbocycles. The minimum atomic E-state index is -0.660. The number of primary amides is 1. The zero-order valence-corrected chi connectivity index (χ0v) is 11.3. The molecule has 2 rings (SSSR count). The van der Waals surface area contributed by atoms with Crippen molar-refractivity contribution in [2.45, 2.75) is 43.4 Å². The van der Waals surface area contributed by atoms with Crippen molar-refractivity contribution in [2.75, 3.05) is 20.1 Å². The summed E-state index contributed by atoms with van der Waals surface area (Å²) in [6.45, 7) is 0.658. The predicted molar refractivity (Wildman–Crippen MR) is 69.9 cm³/mol. The van der Waals surface area contributed by atoms with Crippen molar-refractivity contribution >= 4 is 12.3 Å². The molecule has 0 aromatic carbocycles. The second-order valence-corrected chi connectivity index (χ2v) is 5.67. The Labute approximate surface area is 113 Å². The highest BCUT2D eigenvalue weighted by Crippen LogP contribution is 2.43. The molecule has 0 spiro atoms. The average Bonchev–Trinajstić information content (AvgIpc) is 2.59. The third-order valence-corrected chi connectivity index (χ3v) is 4.35. The molecule has 107 valence electrons. The predicted octanol–water partition coefficient (Wildman–Crippen LogP) is -0.878. The van der Waals surface area contributed by atoms with E-state index in [9.17, 15) is 14.7 Å². The van der Waals surface area contributed by atoms with Crippen molar-refractivity contribution in [2.24, 2.45) is 5.73 Å². The Hall–Kier alpha value is -1.14. The van der Waals surface area contributed by atoms with Gasteiger partial charge in [0.1, 0.15) is 5.54 Å². The molecule has 0 aromatic heterocycles. The quantitative estimate of drug-likeness (QED) is 0.613. The third kappa shape index (κ3) is 2.60. The van der Waals surface area contributed by atoms with Crippen LogP contribution in [0.5, 0.6) is 0 Å². The standard InChI is InChI=1S/C13H22N3O3/c1-15(9-17)7-11(18)8-16-10-3-2-5-13(16,6-4-10)12(14)19/h2,9-11,18H,3-8H2,1H3,(H2,14,19)/t10-,11-,13+/m0/s1. The Morgan fingerprint density at radius 2 is 2.47 bits per heavy atom. The summed E-state index contributed by atoms with van der Waals surface area (Å²) in [6.07, 6.45) is 5.46. The number of fused-ring (bicyclic) bond motifs is 2. The van der Waals surface area contributed by atoms with Crippen LogP contribution in [0.2, 0.25) is 0 Å². The summed E-state index contributed by atoms with van der Waals surface area (Å²) in [5.41, 5.74) is 4.96. The van der Waals surface area contributed by atoms with E-state index >= 15 is 0 Å². The molecule has 2 amide bonds. The zero-order chi connectivity index (χ0) is 14.0. The van der Waals surface area contributed by atoms with Crippen LogP contribution in [0.25, 0.3) is 0 Å². The lowest BCUT2D eigenvalue weighted by molar-refractivity contribution is -0.132. The van der Waals surface area contributed by atoms with E-state index in [2.05, 4.69) is 11.3 Å². The van der Waals surface area contributed by atoms with Gasteiger partial charge in [-0.15, -0.1) is 0 Å². The number of piperidine rings is 1. The number of aliphatic hydroxyl groups is 1. The van der Waals surface area contributed by atoms with Gasteiger partial charge in [0.2, 0.25) is 12.3 Å². The summed E-state index contributed by atoms with van der Waals surface area (Å²) in [6, 6.07) is 0.289. The monoisotopic (exact) mass is 268 g/mol. The maximum absolute atomic E-state index is 11.8. The molecule has 2 aliphatic rings. The van der Waals surface area contributed by atoms with Crippen LogP contribution in [0.4, 0.5) is 0 Å². The largest absolute Gasteiger partial charge is 0.390 e. The molecule has 19 heavy (non-hydrogen) atoms. The molecule has 0 unspecified atom stereocenters. The molecule has 2 aliphatic heterocycles. The van der Waals surface area contributed by atoms with Crippen molar-refractivity contribution in [1.82, 2.24) is 9.80 Å². The van der Waals surface area contributed by atoms with Crippen molar-refractivity contribution in [3.8, 4) is 0 Å². The molecule has 2 fully saturated rings. The summed E-state index contributed by atoms with van der Waals surface area (Å²) in [5, 5.41) is 10.1. The minimum Gasteiger partial charge on any atom is -0.390 e. The van der Waals surface area contributed by atoms with Gasteiger partial charge < -0.3 is 15.7 Å². The van der Waals surface area contributed by atoms with Crippen LogP contribution in [0.1, 0.15) is 25.7 Å². The number of hydrogen-bond donors (Lipinski definition) is 2. The molecular formula is C13H22N3O3. The van der Waals surface area contributed by atoms with Crippen molar-refractivity contribution in [3.05, 3.63) is 6.42 Å². The van der Waals surface area contributed by atoms with E-state index in [0.29, 0.717) is 19.4 Å². The van der Waals surface area contributed by atoms with E-state index in [-0.39, 0.29) is 18.5 Å². The topological polar surface area (TPSA) is 86.9 Å². The summed E-state index contributed by atoms with van der Waals surface area (Å²) in [7, 11) is 1.62. The fourth-order valence-electron chi connectivity index (χ4n) is 3.38. The molecule has 2 bridgehead atoms. The number of nitrogens with zero attached hydrogens (tertiary/aromatic N) is 2. The second kappa shape index (κ2) is 5.46. The number of hydrogen-bond acceptors (Lipinski definition) is 4. The van der Waals surface area contributed by atoms with Gasteiger partial charge in [-0.3, -0.25) is 14.5 Å². The van der Waals surface area contributed by atoms with Gasteiger partial charge >= 0.3 is 0 Å². The fraction of sp³-hybridized carbons (Fsp3) is 0.769. The molecule has 6 heteroatoms. The summed E-state index contributed by atoms with van der Waals surface area (Å²) < 4.78 is 0. The minimum absolute atomic E-state index is 0.269. The lowest BCUT2D eigenvalue weighted by atomic mass is 9.87. The van der Waals surface area contributed by atoms with Crippen molar-refractivity contribution in [3.63, 3.8) is 0 Å². The fourth-order valence-corrected chi connectivity index (χ4v) is 3.38. The first-order valence-corrected chi connectivity index (χ1v) is 6.71. The molecule has 1 radical (unpaired) electrons. The van der Waals surface area contributed by atoms with Crippen molar-refractivity contribution in [1.29, 1.82) is 0 Å². The molecule has 2 heterocycles. The summed E-state index contributed by atoms with van der Waals surface area (Å²) in [5.74, 6) is -0.304. The van der Waals surface area contributed by atoms with Crippen LogP contribution in [0.15, 0.2) is 0 Å². The average molecular weight is 268 g/mol. The van der Waals surface area contributed by atoms with E-state index in [0.717, 1.165) is 19.3 Å². The van der Waals surface area contributed by atoms with Crippen LogP contribution in [-0.2, 0) is 9.59 Å². The van der Waals surface area contributed by atoms with Crippen LogP contribution >= 0.6 is 0 Å². The second-order valence-electron chi connectivity index (χ2n) is 5.67.